The second-order valence-corrected chi connectivity index (χ2v) is 6.79. The number of hydrogen-bond acceptors (Lipinski definition) is 4. The normalized spacial score (nSPS) is 20.2. The van der Waals surface area contributed by atoms with Crippen LogP contribution in [0.15, 0.2) is 24.3 Å². The molecule has 24 heavy (non-hydrogen) atoms. The minimum atomic E-state index is -0.573. The maximum Gasteiger partial charge on any atom is 0.216 e. The Morgan fingerprint density at radius 1 is 1.42 bits per heavy atom. The molecule has 2 N–H and O–H groups in total. The summed E-state index contributed by atoms with van der Waals surface area (Å²) in [5.74, 6) is 0.340. The van der Waals surface area contributed by atoms with Crippen LogP contribution in [-0.4, -0.2) is 30.1 Å². The van der Waals surface area contributed by atoms with Crippen LogP contribution in [0.5, 0.6) is 0 Å². The molecule has 0 aromatic heterocycles. The Labute approximate surface area is 143 Å². The summed E-state index contributed by atoms with van der Waals surface area (Å²) in [6, 6.07) is 2.62. The van der Waals surface area contributed by atoms with Gasteiger partial charge in [0.1, 0.15) is 17.7 Å². The van der Waals surface area contributed by atoms with Gasteiger partial charge in [0.05, 0.1) is 12.2 Å². The number of carbonyl (C=O) groups excluding carboxylic acids is 1. The van der Waals surface area contributed by atoms with Crippen LogP contribution in [-0.2, 0) is 9.63 Å². The van der Waals surface area contributed by atoms with Gasteiger partial charge in [0.2, 0.25) is 5.91 Å². The van der Waals surface area contributed by atoms with Crippen molar-refractivity contribution in [2.24, 2.45) is 0 Å². The summed E-state index contributed by atoms with van der Waals surface area (Å²) < 4.78 is 28.9. The van der Waals surface area contributed by atoms with Crippen LogP contribution < -0.4 is 10.8 Å². The summed E-state index contributed by atoms with van der Waals surface area (Å²) in [4.78, 5) is 16.2. The molecule has 128 valence electrons. The van der Waals surface area contributed by atoms with Gasteiger partial charge in [-0.25, -0.2) is 8.78 Å². The highest BCUT2D eigenvalue weighted by Gasteiger charge is 2.22. The van der Waals surface area contributed by atoms with Crippen molar-refractivity contribution in [3.05, 3.63) is 47.0 Å². The number of thioether (sulfide) groups is 1. The third-order valence-corrected chi connectivity index (χ3v) is 4.76. The first-order valence-electron chi connectivity index (χ1n) is 7.69. The Morgan fingerprint density at radius 3 is 2.79 bits per heavy atom. The zero-order chi connectivity index (χ0) is 17.1. The first-order valence-corrected chi connectivity index (χ1v) is 8.84. The van der Waals surface area contributed by atoms with Crippen molar-refractivity contribution in [2.45, 2.75) is 19.4 Å². The Balaban J connectivity index is 1.82. The van der Waals surface area contributed by atoms with E-state index in [1.54, 1.807) is 17.8 Å². The number of carbonyl (C=O) groups is 1. The molecule has 1 amide bonds. The van der Waals surface area contributed by atoms with Crippen LogP contribution in [0.2, 0.25) is 0 Å². The molecule has 7 heteroatoms. The molecular formula is C17H18F2N2O2S. The van der Waals surface area contributed by atoms with E-state index in [0.717, 1.165) is 17.1 Å². The van der Waals surface area contributed by atoms with E-state index in [4.69, 9.17) is 4.84 Å². The van der Waals surface area contributed by atoms with E-state index in [-0.39, 0.29) is 17.6 Å². The van der Waals surface area contributed by atoms with Crippen LogP contribution in [0.3, 0.4) is 0 Å². The van der Waals surface area contributed by atoms with Crippen molar-refractivity contribution >= 4 is 28.9 Å². The molecule has 4 nitrogen and oxygen atoms in total. The minimum Gasteiger partial charge on any atom is -0.353 e. The summed E-state index contributed by atoms with van der Waals surface area (Å²) in [7, 11) is 0. The van der Waals surface area contributed by atoms with Crippen molar-refractivity contribution in [1.82, 2.24) is 10.8 Å². The van der Waals surface area contributed by atoms with Crippen LogP contribution >= 0.6 is 11.8 Å². The maximum atomic E-state index is 14.5. The number of allylic oxidation sites excluding steroid dienone is 1. The number of benzene rings is 1. The molecule has 0 fully saturated rings. The van der Waals surface area contributed by atoms with Crippen molar-refractivity contribution in [3.63, 3.8) is 0 Å². The molecule has 3 rings (SSSR count). The summed E-state index contributed by atoms with van der Waals surface area (Å²) in [5, 5.41) is 2.63. The zero-order valence-corrected chi connectivity index (χ0v) is 14.0. The number of hydroxylamine groups is 1. The first kappa shape index (κ1) is 17.0. The van der Waals surface area contributed by atoms with Gasteiger partial charge >= 0.3 is 0 Å². The quantitative estimate of drug-likeness (QED) is 0.875. The number of halogens is 2. The average molecular weight is 352 g/mol. The molecule has 0 aliphatic carbocycles. The molecule has 0 spiro atoms. The fourth-order valence-corrected chi connectivity index (χ4v) is 3.53. The molecule has 0 saturated carbocycles. The SMILES string of the molecule is CC(=O)NCC1C=C(c2cc(F)c(C3=CCSCC3)c(F)c2)NO1. The zero-order valence-electron chi connectivity index (χ0n) is 13.2. The fraction of sp³-hybridized carbons (Fsp3) is 0.353. The molecule has 1 aromatic rings. The van der Waals surface area contributed by atoms with E-state index >= 15 is 0 Å². The Hall–Kier alpha value is -1.86. The second kappa shape index (κ2) is 7.36. The molecular weight excluding hydrogens is 334 g/mol. The largest absolute Gasteiger partial charge is 0.353 e. The molecule has 0 bridgehead atoms. The van der Waals surface area contributed by atoms with Gasteiger partial charge in [-0.1, -0.05) is 6.08 Å². The van der Waals surface area contributed by atoms with Gasteiger partial charge in [-0.2, -0.15) is 11.8 Å². The Bertz CT molecular complexity index is 696. The molecule has 1 aromatic carbocycles. The second-order valence-electron chi connectivity index (χ2n) is 5.64. The van der Waals surface area contributed by atoms with Gasteiger partial charge in [-0.15, -0.1) is 0 Å². The number of nitrogens with one attached hydrogen (secondary N) is 2. The molecule has 0 saturated heterocycles. The lowest BCUT2D eigenvalue weighted by atomic mass is 9.99. The van der Waals surface area contributed by atoms with Gasteiger partial charge in [-0.05, 0) is 36.0 Å². The summed E-state index contributed by atoms with van der Waals surface area (Å²) >= 11 is 1.75. The van der Waals surface area contributed by atoms with Gasteiger partial charge in [0.25, 0.3) is 0 Å². The van der Waals surface area contributed by atoms with E-state index in [1.165, 1.54) is 19.1 Å². The highest BCUT2D eigenvalue weighted by molar-refractivity contribution is 7.99. The molecule has 0 radical (unpaired) electrons. The summed E-state index contributed by atoms with van der Waals surface area (Å²) in [6.07, 6.45) is 3.86. The topological polar surface area (TPSA) is 50.4 Å². The molecule has 2 heterocycles. The van der Waals surface area contributed by atoms with Crippen LogP contribution in [0.4, 0.5) is 8.78 Å². The lowest BCUT2D eigenvalue weighted by Gasteiger charge is -2.15. The molecule has 2 aliphatic rings. The van der Waals surface area contributed by atoms with E-state index in [1.807, 2.05) is 6.08 Å². The summed E-state index contributed by atoms with van der Waals surface area (Å²) in [6.45, 7) is 1.70. The van der Waals surface area contributed by atoms with Crippen molar-refractivity contribution in [1.29, 1.82) is 0 Å². The van der Waals surface area contributed by atoms with Crippen molar-refractivity contribution in [2.75, 3.05) is 18.1 Å². The number of amides is 1. The van der Waals surface area contributed by atoms with E-state index in [2.05, 4.69) is 10.8 Å². The highest BCUT2D eigenvalue weighted by Crippen LogP contribution is 2.32. The number of rotatable bonds is 4. The average Bonchev–Trinajstić information content (AvgIpc) is 3.02. The monoisotopic (exact) mass is 352 g/mol. The van der Waals surface area contributed by atoms with Crippen LogP contribution in [0, 0.1) is 11.6 Å². The van der Waals surface area contributed by atoms with E-state index < -0.39 is 11.6 Å². The number of hydrogen-bond donors (Lipinski definition) is 2. The smallest absolute Gasteiger partial charge is 0.216 e. The van der Waals surface area contributed by atoms with E-state index in [0.29, 0.717) is 24.2 Å². The lowest BCUT2D eigenvalue weighted by molar-refractivity contribution is -0.119. The predicted octanol–water partition coefficient (Wildman–Crippen LogP) is 2.87. The van der Waals surface area contributed by atoms with E-state index in [9.17, 15) is 13.6 Å². The molecule has 2 aliphatic heterocycles. The lowest BCUT2D eigenvalue weighted by Crippen LogP contribution is -2.30. The van der Waals surface area contributed by atoms with Crippen molar-refractivity contribution in [3.8, 4) is 0 Å². The standard InChI is InChI=1S/C17H18F2N2O2S/c1-10(22)20-9-13-8-16(21-23-13)12-6-14(18)17(15(19)7-12)11-2-4-24-5-3-11/h2,6-8,13,21H,3-5,9H2,1H3,(H,20,22). The molecule has 1 unspecified atom stereocenters. The highest BCUT2D eigenvalue weighted by atomic mass is 32.2. The van der Waals surface area contributed by atoms with Gasteiger partial charge in [-0.3, -0.25) is 15.1 Å². The molecule has 1 atom stereocenters. The van der Waals surface area contributed by atoms with Gasteiger partial charge in [0.15, 0.2) is 0 Å². The predicted molar refractivity (Wildman–Crippen MR) is 90.9 cm³/mol. The fourth-order valence-electron chi connectivity index (χ4n) is 2.68. The Morgan fingerprint density at radius 2 is 2.17 bits per heavy atom. The maximum absolute atomic E-state index is 14.5. The first-order chi connectivity index (χ1) is 11.5. The third-order valence-electron chi connectivity index (χ3n) is 3.86. The minimum absolute atomic E-state index is 0.0633. The summed E-state index contributed by atoms with van der Waals surface area (Å²) in [5.41, 5.74) is 4.32. The van der Waals surface area contributed by atoms with Crippen molar-refractivity contribution < 1.29 is 18.4 Å². The Kier molecular flexibility index (Phi) is 5.20. The van der Waals surface area contributed by atoms with Crippen LogP contribution in [0.25, 0.3) is 11.3 Å². The van der Waals surface area contributed by atoms with Crippen LogP contribution in [0.1, 0.15) is 24.5 Å². The van der Waals surface area contributed by atoms with Gasteiger partial charge < -0.3 is 5.32 Å². The third kappa shape index (κ3) is 3.79. The van der Waals surface area contributed by atoms with Gasteiger partial charge in [0, 0.05) is 23.8 Å².